The van der Waals surface area contributed by atoms with Crippen LogP contribution in [-0.4, -0.2) is 140 Å². The molecule has 5 aliphatic rings. The van der Waals surface area contributed by atoms with E-state index >= 15 is 0 Å². The number of cyclic esters (lactones) is 1. The number of nitrogens with zero attached hydrogens (tertiary/aromatic N) is 2. The molecule has 13 atom stereocenters. The van der Waals surface area contributed by atoms with Gasteiger partial charge in [0.1, 0.15) is 42.2 Å². The molecule has 6 rings (SSSR count). The second kappa shape index (κ2) is 14.4. The fourth-order valence-corrected chi connectivity index (χ4v) is 9.26. The molecule has 57 heavy (non-hydrogen) atoms. The van der Waals surface area contributed by atoms with E-state index in [1.807, 2.05) is 0 Å². The molecule has 1 aromatic heterocycles. The van der Waals surface area contributed by atoms with E-state index < -0.39 is 119 Å². The SMILES string of the molecule is CC(=O)O[C@@H]1[C@@H]2[C@@H](OC(C)=O)[C@]34O[C@@]2(C)COC(=O)c2cccnc2[C@@H](C)[C@H](C)C(=O)O[C@@H]([C@H](OC(=O)C2=CN(C)C(=O)CC2)[C@H](O)[C@]3(OC(C)=O)[C@@H]1O)[C@]4(C)O. The molecule has 1 saturated heterocycles. The van der Waals surface area contributed by atoms with Gasteiger partial charge < -0.3 is 53.4 Å². The second-order valence-electron chi connectivity index (χ2n) is 15.7. The highest BCUT2D eigenvalue weighted by atomic mass is 16.7. The van der Waals surface area contributed by atoms with Crippen LogP contribution < -0.4 is 0 Å². The molecule has 4 heterocycles. The van der Waals surface area contributed by atoms with Crippen LogP contribution in [0.4, 0.5) is 0 Å². The van der Waals surface area contributed by atoms with E-state index in [9.17, 15) is 48.9 Å². The zero-order valence-corrected chi connectivity index (χ0v) is 32.6. The van der Waals surface area contributed by atoms with Gasteiger partial charge in [0.05, 0.1) is 28.7 Å². The van der Waals surface area contributed by atoms with Crippen LogP contribution in [0.25, 0.3) is 0 Å². The average molecular weight is 803 g/mol. The first kappa shape index (κ1) is 41.6. The zero-order valence-electron chi connectivity index (χ0n) is 32.6. The third-order valence-corrected chi connectivity index (χ3v) is 12.0. The molecule has 19 nitrogen and oxygen atoms in total. The van der Waals surface area contributed by atoms with Crippen molar-refractivity contribution in [1.29, 1.82) is 0 Å². The van der Waals surface area contributed by atoms with Gasteiger partial charge in [0.2, 0.25) is 11.5 Å². The monoisotopic (exact) mass is 802 g/mol. The van der Waals surface area contributed by atoms with E-state index in [4.69, 9.17) is 33.2 Å². The Balaban J connectivity index is 1.67. The quantitative estimate of drug-likeness (QED) is 0.256. The van der Waals surface area contributed by atoms with Crippen LogP contribution in [0.3, 0.4) is 0 Å². The Kier molecular flexibility index (Phi) is 10.6. The normalized spacial score (nSPS) is 40.1. The van der Waals surface area contributed by atoms with Gasteiger partial charge in [-0.2, -0.15) is 0 Å². The maximum Gasteiger partial charge on any atom is 0.340 e. The summed E-state index contributed by atoms with van der Waals surface area (Å²) in [5, 5.41) is 38.5. The molecule has 0 radical (unpaired) electrons. The molecule has 4 bridgehead atoms. The number of fused-ring (bicyclic) bond motifs is 5. The van der Waals surface area contributed by atoms with E-state index in [-0.39, 0.29) is 35.6 Å². The van der Waals surface area contributed by atoms with Crippen LogP contribution in [0.2, 0.25) is 0 Å². The molecule has 19 heteroatoms. The number of carbonyl (C=O) groups excluding carboxylic acids is 7. The topological polar surface area (TPSA) is 261 Å². The van der Waals surface area contributed by atoms with E-state index in [1.165, 1.54) is 45.4 Å². The van der Waals surface area contributed by atoms with Crippen LogP contribution in [0.1, 0.15) is 83.3 Å². The number of hydrogen-bond acceptors (Lipinski definition) is 18. The largest absolute Gasteiger partial charge is 0.459 e. The van der Waals surface area contributed by atoms with Crippen molar-refractivity contribution in [3.63, 3.8) is 0 Å². The lowest BCUT2D eigenvalue weighted by Gasteiger charge is -2.66. The third-order valence-electron chi connectivity index (χ3n) is 12.0. The van der Waals surface area contributed by atoms with Crippen molar-refractivity contribution in [3.8, 4) is 0 Å². The molecule has 1 amide bonds. The van der Waals surface area contributed by atoms with Crippen molar-refractivity contribution in [3.05, 3.63) is 41.4 Å². The summed E-state index contributed by atoms with van der Waals surface area (Å²) in [6.07, 6.45) is -10.9. The van der Waals surface area contributed by atoms with Gasteiger partial charge in [0.25, 0.3) is 0 Å². The standard InChI is InChI=1S/C38H46N2O17/c1-16-17(2)32(47)55-31-27(54-33(48)21-11-12-23(44)40(8)14-21)29(46)37(56-20(5)43)28(45)26(52-18(3)41)24-30(53-19(4)42)38(37,36(31,7)50)57-35(24,6)15-51-34(49)22-10-9-13-39-25(16)22/h9-10,13-14,16-17,24,26-31,45-46,50H,11-12,15H2,1-8H3/t16-,17-,24+,26+,27+,28+,29-,30+,31-,35-,36-,37+,38+/m0/s1. The van der Waals surface area contributed by atoms with Gasteiger partial charge in [-0.25, -0.2) is 9.59 Å². The number of ether oxygens (including phenoxy) is 7. The first-order valence-electron chi connectivity index (χ1n) is 18.4. The number of pyridine rings is 1. The molecular weight excluding hydrogens is 756 g/mol. The summed E-state index contributed by atoms with van der Waals surface area (Å²) in [5.74, 6) is -10.4. The van der Waals surface area contributed by atoms with Crippen molar-refractivity contribution in [2.45, 2.75) is 126 Å². The van der Waals surface area contributed by atoms with Gasteiger partial charge in [-0.1, -0.05) is 13.8 Å². The summed E-state index contributed by atoms with van der Waals surface area (Å²) in [4.78, 5) is 98.9. The molecule has 0 aromatic carbocycles. The predicted molar refractivity (Wildman–Crippen MR) is 186 cm³/mol. The zero-order chi connectivity index (χ0) is 42.2. The Bertz CT molecular complexity index is 1930. The Morgan fingerprint density at radius 1 is 0.912 bits per heavy atom. The van der Waals surface area contributed by atoms with Gasteiger partial charge in [0, 0.05) is 52.6 Å². The van der Waals surface area contributed by atoms with Gasteiger partial charge in [0.15, 0.2) is 17.8 Å². The molecule has 1 aromatic rings. The van der Waals surface area contributed by atoms with Crippen LogP contribution in [0, 0.1) is 11.8 Å². The van der Waals surface area contributed by atoms with Crippen molar-refractivity contribution < 1.29 is 82.0 Å². The number of hydrogen-bond donors (Lipinski definition) is 3. The Hall–Kier alpha value is -4.98. The van der Waals surface area contributed by atoms with Gasteiger partial charge in [-0.05, 0) is 32.4 Å². The first-order valence-corrected chi connectivity index (χ1v) is 18.4. The van der Waals surface area contributed by atoms with Crippen LogP contribution >= 0.6 is 0 Å². The molecule has 0 unspecified atom stereocenters. The fourth-order valence-electron chi connectivity index (χ4n) is 9.26. The molecular formula is C38H46N2O17. The van der Waals surface area contributed by atoms with Crippen molar-refractivity contribution in [2.75, 3.05) is 13.7 Å². The lowest BCUT2D eigenvalue weighted by Crippen LogP contribution is -2.91. The molecule has 310 valence electrons. The Labute approximate surface area is 326 Å². The predicted octanol–water partition coefficient (Wildman–Crippen LogP) is -0.239. The molecule has 2 aliphatic carbocycles. The highest BCUT2D eigenvalue weighted by Gasteiger charge is 2.92. The smallest absolute Gasteiger partial charge is 0.340 e. The first-order chi connectivity index (χ1) is 26.5. The second-order valence-corrected chi connectivity index (χ2v) is 15.7. The lowest BCUT2D eigenvalue weighted by atomic mass is 9.50. The Morgan fingerprint density at radius 3 is 2.18 bits per heavy atom. The molecule has 1 spiro atoms. The van der Waals surface area contributed by atoms with Gasteiger partial charge in [-0.15, -0.1) is 0 Å². The number of aliphatic hydroxyl groups is 3. The van der Waals surface area contributed by atoms with Crippen LogP contribution in [0.15, 0.2) is 30.1 Å². The molecule has 3 aliphatic heterocycles. The highest BCUT2D eigenvalue weighted by molar-refractivity contribution is 5.92. The Morgan fingerprint density at radius 2 is 1.56 bits per heavy atom. The lowest BCUT2D eigenvalue weighted by molar-refractivity contribution is -0.397. The molecule has 3 N–H and O–H groups in total. The highest BCUT2D eigenvalue weighted by Crippen LogP contribution is 2.66. The summed E-state index contributed by atoms with van der Waals surface area (Å²) in [6, 6.07) is 2.88. The van der Waals surface area contributed by atoms with E-state index in [0.717, 1.165) is 32.6 Å². The fraction of sp³-hybridized carbons (Fsp3) is 0.632. The average Bonchev–Trinajstić information content (AvgIpc) is 3.36. The van der Waals surface area contributed by atoms with Gasteiger partial charge in [-0.3, -0.25) is 29.0 Å². The van der Waals surface area contributed by atoms with Crippen molar-refractivity contribution in [2.24, 2.45) is 11.8 Å². The van der Waals surface area contributed by atoms with Crippen molar-refractivity contribution >= 4 is 41.7 Å². The summed E-state index contributed by atoms with van der Waals surface area (Å²) >= 11 is 0. The van der Waals surface area contributed by atoms with E-state index in [1.54, 1.807) is 6.92 Å². The molecule has 3 fully saturated rings. The number of carbonyl (C=O) groups is 7. The minimum Gasteiger partial charge on any atom is -0.459 e. The number of aliphatic hydroxyl groups excluding tert-OH is 2. The summed E-state index contributed by atoms with van der Waals surface area (Å²) in [7, 11) is 1.40. The maximum absolute atomic E-state index is 14.3. The summed E-state index contributed by atoms with van der Waals surface area (Å²) in [5.41, 5.74) is -11.0. The maximum atomic E-state index is 14.3. The van der Waals surface area contributed by atoms with Crippen LogP contribution in [0.5, 0.6) is 0 Å². The summed E-state index contributed by atoms with van der Waals surface area (Å²) < 4.78 is 41.9. The minimum atomic E-state index is -3.10. The number of rotatable bonds is 5. The van der Waals surface area contributed by atoms with E-state index in [2.05, 4.69) is 4.98 Å². The summed E-state index contributed by atoms with van der Waals surface area (Å²) in [6.45, 7) is 7.45. The number of aromatic nitrogens is 1. The van der Waals surface area contributed by atoms with E-state index in [0.29, 0.717) is 0 Å². The molecule has 2 saturated carbocycles. The number of esters is 6. The minimum absolute atomic E-state index is 0.0505. The van der Waals surface area contributed by atoms with Gasteiger partial charge >= 0.3 is 35.8 Å². The van der Waals surface area contributed by atoms with Crippen LogP contribution in [-0.2, 0) is 61.9 Å². The number of amides is 1. The van der Waals surface area contributed by atoms with Crippen molar-refractivity contribution in [1.82, 2.24) is 9.88 Å². The third kappa shape index (κ3) is 6.25.